The summed E-state index contributed by atoms with van der Waals surface area (Å²) in [7, 11) is -3.41. The van der Waals surface area contributed by atoms with Gasteiger partial charge in [-0.2, -0.15) is 0 Å². The maximum atomic E-state index is 11.1. The third-order valence-electron chi connectivity index (χ3n) is 2.45. The van der Waals surface area contributed by atoms with Gasteiger partial charge in [-0.3, -0.25) is 0 Å². The highest BCUT2D eigenvalue weighted by Gasteiger charge is 2.27. The Kier molecular flexibility index (Phi) is 3.66. The van der Waals surface area contributed by atoms with Gasteiger partial charge < -0.3 is 4.84 Å². The number of sulfonamides is 1. The Morgan fingerprint density at radius 2 is 2.31 bits per heavy atom. The van der Waals surface area contributed by atoms with Gasteiger partial charge in [0.1, 0.15) is 0 Å². The van der Waals surface area contributed by atoms with Crippen molar-refractivity contribution in [3.8, 4) is 0 Å². The van der Waals surface area contributed by atoms with Crippen LogP contribution in [0.5, 0.6) is 0 Å². The SMILES string of the molecule is CC(C1CCCONC1)S(N)(=O)=O. The summed E-state index contributed by atoms with van der Waals surface area (Å²) in [6.45, 7) is 2.83. The second-order valence-corrected chi connectivity index (χ2v) is 5.31. The molecular weight excluding hydrogens is 192 g/mol. The van der Waals surface area contributed by atoms with E-state index in [1.807, 2.05) is 0 Å². The first-order valence-corrected chi connectivity index (χ1v) is 5.99. The van der Waals surface area contributed by atoms with Gasteiger partial charge in [-0.15, -0.1) is 0 Å². The van der Waals surface area contributed by atoms with Gasteiger partial charge in [-0.1, -0.05) is 0 Å². The summed E-state index contributed by atoms with van der Waals surface area (Å²) in [5, 5.41) is 4.57. The summed E-state index contributed by atoms with van der Waals surface area (Å²) in [5.41, 5.74) is 2.73. The third-order valence-corrected chi connectivity index (χ3v) is 3.87. The van der Waals surface area contributed by atoms with E-state index < -0.39 is 15.3 Å². The van der Waals surface area contributed by atoms with E-state index in [0.29, 0.717) is 13.2 Å². The van der Waals surface area contributed by atoms with Crippen LogP contribution in [0.25, 0.3) is 0 Å². The molecule has 1 fully saturated rings. The normalized spacial score (nSPS) is 28.0. The number of nitrogens with one attached hydrogen (secondary N) is 1. The van der Waals surface area contributed by atoms with Crippen LogP contribution < -0.4 is 10.6 Å². The van der Waals surface area contributed by atoms with Crippen molar-refractivity contribution in [2.24, 2.45) is 11.1 Å². The van der Waals surface area contributed by atoms with E-state index in [9.17, 15) is 8.42 Å². The fraction of sp³-hybridized carbons (Fsp3) is 1.00. The predicted molar refractivity (Wildman–Crippen MR) is 49.2 cm³/mol. The lowest BCUT2D eigenvalue weighted by Gasteiger charge is -2.19. The minimum atomic E-state index is -3.41. The molecule has 2 atom stereocenters. The Morgan fingerprint density at radius 3 is 2.92 bits per heavy atom. The second-order valence-electron chi connectivity index (χ2n) is 3.39. The van der Waals surface area contributed by atoms with Crippen LogP contribution in [0.4, 0.5) is 0 Å². The molecule has 5 nitrogen and oxygen atoms in total. The molecule has 0 spiro atoms. The van der Waals surface area contributed by atoms with Gasteiger partial charge in [0.05, 0.1) is 11.9 Å². The van der Waals surface area contributed by atoms with E-state index in [0.717, 1.165) is 12.8 Å². The molecule has 0 saturated carbocycles. The maximum absolute atomic E-state index is 11.1. The van der Waals surface area contributed by atoms with Crippen molar-refractivity contribution < 1.29 is 13.3 Å². The first-order chi connectivity index (χ1) is 6.02. The molecule has 13 heavy (non-hydrogen) atoms. The highest BCUT2D eigenvalue weighted by Crippen LogP contribution is 2.17. The Bertz CT molecular complexity index is 244. The zero-order chi connectivity index (χ0) is 9.90. The number of hydroxylamine groups is 1. The van der Waals surface area contributed by atoms with E-state index in [2.05, 4.69) is 5.48 Å². The van der Waals surface area contributed by atoms with Crippen LogP contribution in [0.15, 0.2) is 0 Å². The van der Waals surface area contributed by atoms with Crippen LogP contribution in [0.1, 0.15) is 19.8 Å². The number of hydrogen-bond acceptors (Lipinski definition) is 4. The van der Waals surface area contributed by atoms with Crippen molar-refractivity contribution in [1.82, 2.24) is 5.48 Å². The van der Waals surface area contributed by atoms with Gasteiger partial charge in [0, 0.05) is 6.54 Å². The Hall–Kier alpha value is -0.170. The molecule has 1 saturated heterocycles. The predicted octanol–water partition coefficient (Wildman–Crippen LogP) is -0.405. The molecule has 1 aliphatic rings. The standard InChI is InChI=1S/C7H16N2O3S/c1-6(13(8,10)11)7-3-2-4-12-9-5-7/h6-7,9H,2-5H2,1H3,(H2,8,10,11). The van der Waals surface area contributed by atoms with Gasteiger partial charge in [0.15, 0.2) is 0 Å². The summed E-state index contributed by atoms with van der Waals surface area (Å²) < 4.78 is 22.1. The quantitative estimate of drug-likeness (QED) is 0.646. The van der Waals surface area contributed by atoms with Crippen molar-refractivity contribution in [2.45, 2.75) is 25.0 Å². The Morgan fingerprint density at radius 1 is 1.62 bits per heavy atom. The van der Waals surface area contributed by atoms with Crippen molar-refractivity contribution in [3.63, 3.8) is 0 Å². The average molecular weight is 208 g/mol. The van der Waals surface area contributed by atoms with E-state index in [4.69, 9.17) is 9.98 Å². The first-order valence-electron chi connectivity index (χ1n) is 4.38. The van der Waals surface area contributed by atoms with Crippen molar-refractivity contribution in [2.75, 3.05) is 13.2 Å². The van der Waals surface area contributed by atoms with Crippen LogP contribution in [0, 0.1) is 5.92 Å². The highest BCUT2D eigenvalue weighted by molar-refractivity contribution is 7.89. The number of rotatable bonds is 2. The monoisotopic (exact) mass is 208 g/mol. The lowest BCUT2D eigenvalue weighted by atomic mass is 10.0. The number of primary sulfonamides is 1. The molecule has 1 aliphatic heterocycles. The van der Waals surface area contributed by atoms with Gasteiger partial charge in [-0.05, 0) is 25.7 Å². The van der Waals surface area contributed by atoms with Crippen molar-refractivity contribution >= 4 is 10.0 Å². The van der Waals surface area contributed by atoms with Crippen LogP contribution >= 0.6 is 0 Å². The molecule has 0 aromatic carbocycles. The van der Waals surface area contributed by atoms with Crippen molar-refractivity contribution in [1.29, 1.82) is 0 Å². The molecule has 0 radical (unpaired) electrons. The Labute approximate surface area is 78.6 Å². The maximum Gasteiger partial charge on any atom is 0.212 e. The summed E-state index contributed by atoms with van der Waals surface area (Å²) >= 11 is 0. The molecule has 0 amide bonds. The largest absolute Gasteiger partial charge is 0.302 e. The molecule has 0 aromatic heterocycles. The fourth-order valence-electron chi connectivity index (χ4n) is 1.43. The molecular formula is C7H16N2O3S. The van der Waals surface area contributed by atoms with Gasteiger partial charge in [-0.25, -0.2) is 19.0 Å². The van der Waals surface area contributed by atoms with Crippen LogP contribution in [0.2, 0.25) is 0 Å². The van der Waals surface area contributed by atoms with E-state index in [-0.39, 0.29) is 5.92 Å². The van der Waals surface area contributed by atoms with Gasteiger partial charge in [0.2, 0.25) is 10.0 Å². The molecule has 6 heteroatoms. The zero-order valence-corrected chi connectivity index (χ0v) is 8.51. The molecule has 1 rings (SSSR count). The van der Waals surface area contributed by atoms with Gasteiger partial charge >= 0.3 is 0 Å². The molecule has 3 N–H and O–H groups in total. The van der Waals surface area contributed by atoms with E-state index >= 15 is 0 Å². The molecule has 0 aliphatic carbocycles. The summed E-state index contributed by atoms with van der Waals surface area (Å²) in [4.78, 5) is 5.00. The molecule has 2 unspecified atom stereocenters. The lowest BCUT2D eigenvalue weighted by molar-refractivity contribution is 0.0491. The summed E-state index contributed by atoms with van der Waals surface area (Å²) in [6, 6.07) is 0. The first kappa shape index (κ1) is 10.9. The smallest absolute Gasteiger partial charge is 0.212 e. The lowest BCUT2D eigenvalue weighted by Crippen LogP contribution is -2.36. The summed E-state index contributed by atoms with van der Waals surface area (Å²) in [5.74, 6) is 0.0532. The van der Waals surface area contributed by atoms with Crippen molar-refractivity contribution in [3.05, 3.63) is 0 Å². The third kappa shape index (κ3) is 3.22. The fourth-order valence-corrected chi connectivity index (χ4v) is 2.20. The zero-order valence-electron chi connectivity index (χ0n) is 7.69. The van der Waals surface area contributed by atoms with Crippen LogP contribution in [-0.2, 0) is 14.9 Å². The van der Waals surface area contributed by atoms with Gasteiger partial charge in [0.25, 0.3) is 0 Å². The molecule has 0 aromatic rings. The number of nitrogens with two attached hydrogens (primary N) is 1. The van der Waals surface area contributed by atoms with E-state index in [1.165, 1.54) is 0 Å². The second kappa shape index (κ2) is 4.36. The molecule has 78 valence electrons. The van der Waals surface area contributed by atoms with E-state index in [1.54, 1.807) is 6.92 Å². The summed E-state index contributed by atoms with van der Waals surface area (Å²) in [6.07, 6.45) is 1.71. The molecule has 1 heterocycles. The van der Waals surface area contributed by atoms with Crippen LogP contribution in [-0.4, -0.2) is 26.8 Å². The minimum Gasteiger partial charge on any atom is -0.302 e. The Balaban J connectivity index is 2.59. The molecule has 0 bridgehead atoms. The van der Waals surface area contributed by atoms with Crippen LogP contribution in [0.3, 0.4) is 0 Å². The topological polar surface area (TPSA) is 81.4 Å². The highest BCUT2D eigenvalue weighted by atomic mass is 32.2. The average Bonchev–Trinajstić information content (AvgIpc) is 2.28. The minimum absolute atomic E-state index is 0.0532. The number of hydrogen-bond donors (Lipinski definition) is 2.